The molecule has 1 atom stereocenters. The molecular weight excluding hydrogens is 188 g/mol. The highest BCUT2D eigenvalue weighted by Crippen LogP contribution is 2.18. The lowest BCUT2D eigenvalue weighted by Crippen LogP contribution is -2.34. The van der Waals surface area contributed by atoms with Crippen molar-refractivity contribution in [3.05, 3.63) is 18.2 Å². The van der Waals surface area contributed by atoms with Crippen LogP contribution >= 0.6 is 0 Å². The molecule has 0 bridgehead atoms. The third-order valence-corrected chi connectivity index (χ3v) is 2.90. The van der Waals surface area contributed by atoms with Crippen LogP contribution in [0.1, 0.15) is 32.5 Å². The molecule has 0 fully saturated rings. The van der Waals surface area contributed by atoms with Crippen molar-refractivity contribution in [2.45, 2.75) is 33.4 Å². The summed E-state index contributed by atoms with van der Waals surface area (Å²) in [6.45, 7) is 10.1. The molecule has 0 radical (unpaired) electrons. The Morgan fingerprint density at radius 1 is 1.40 bits per heavy atom. The zero-order chi connectivity index (χ0) is 11.3. The van der Waals surface area contributed by atoms with Gasteiger partial charge in [-0.2, -0.15) is 0 Å². The van der Waals surface area contributed by atoms with Gasteiger partial charge in [-0.15, -0.1) is 0 Å². The summed E-state index contributed by atoms with van der Waals surface area (Å²) < 4.78 is 2.16. The second-order valence-electron chi connectivity index (χ2n) is 3.58. The minimum Gasteiger partial charge on any atom is -0.333 e. The normalized spacial score (nSPS) is 13.4. The van der Waals surface area contributed by atoms with E-state index in [4.69, 9.17) is 5.73 Å². The number of aryl methyl sites for hydroxylation is 1. The van der Waals surface area contributed by atoms with Gasteiger partial charge in [-0.25, -0.2) is 4.98 Å². The van der Waals surface area contributed by atoms with Crippen LogP contribution in [0.15, 0.2) is 12.5 Å². The maximum Gasteiger partial charge on any atom is 0.0948 e. The highest BCUT2D eigenvalue weighted by atomic mass is 15.2. The standard InChI is InChI=1S/C11H22N4/c1-4-14(5-2)10(7-12)11-8-13-9-15(11)6-3/h8-10H,4-7,12H2,1-3H3. The predicted molar refractivity (Wildman–Crippen MR) is 62.6 cm³/mol. The van der Waals surface area contributed by atoms with E-state index in [0.29, 0.717) is 12.6 Å². The zero-order valence-corrected chi connectivity index (χ0v) is 9.98. The molecule has 4 nitrogen and oxygen atoms in total. The fourth-order valence-electron chi connectivity index (χ4n) is 1.99. The van der Waals surface area contributed by atoms with Crippen molar-refractivity contribution in [2.24, 2.45) is 5.73 Å². The average molecular weight is 210 g/mol. The third-order valence-electron chi connectivity index (χ3n) is 2.90. The van der Waals surface area contributed by atoms with E-state index in [9.17, 15) is 0 Å². The molecule has 1 heterocycles. The first-order valence-corrected chi connectivity index (χ1v) is 5.72. The minimum absolute atomic E-state index is 0.294. The number of aromatic nitrogens is 2. The summed E-state index contributed by atoms with van der Waals surface area (Å²) in [7, 11) is 0. The van der Waals surface area contributed by atoms with Crippen LogP contribution in [0.5, 0.6) is 0 Å². The molecule has 1 unspecified atom stereocenters. The fraction of sp³-hybridized carbons (Fsp3) is 0.727. The van der Waals surface area contributed by atoms with Gasteiger partial charge in [0.15, 0.2) is 0 Å². The first-order chi connectivity index (χ1) is 7.28. The van der Waals surface area contributed by atoms with Crippen molar-refractivity contribution in [3.8, 4) is 0 Å². The predicted octanol–water partition coefficient (Wildman–Crippen LogP) is 1.24. The Labute approximate surface area is 92.1 Å². The van der Waals surface area contributed by atoms with Crippen LogP contribution in [0.3, 0.4) is 0 Å². The number of likely N-dealkylation sites (N-methyl/N-ethyl adjacent to an activating group) is 1. The first kappa shape index (κ1) is 12.2. The van der Waals surface area contributed by atoms with Gasteiger partial charge in [0.25, 0.3) is 0 Å². The van der Waals surface area contributed by atoms with E-state index in [2.05, 4.69) is 35.2 Å². The molecule has 1 aromatic heterocycles. The Morgan fingerprint density at radius 2 is 2.07 bits per heavy atom. The highest BCUT2D eigenvalue weighted by molar-refractivity contribution is 5.06. The van der Waals surface area contributed by atoms with E-state index < -0.39 is 0 Å². The number of nitrogens with two attached hydrogens (primary N) is 1. The van der Waals surface area contributed by atoms with Crippen molar-refractivity contribution in [1.82, 2.24) is 14.5 Å². The highest BCUT2D eigenvalue weighted by Gasteiger charge is 2.19. The molecule has 4 heteroatoms. The number of nitrogens with zero attached hydrogens (tertiary/aromatic N) is 3. The van der Waals surface area contributed by atoms with Crippen LogP contribution in [0.2, 0.25) is 0 Å². The first-order valence-electron chi connectivity index (χ1n) is 5.72. The summed E-state index contributed by atoms with van der Waals surface area (Å²) >= 11 is 0. The molecule has 0 amide bonds. The van der Waals surface area contributed by atoms with E-state index in [1.807, 2.05) is 12.5 Å². The van der Waals surface area contributed by atoms with Crippen LogP contribution in [-0.2, 0) is 6.54 Å². The van der Waals surface area contributed by atoms with E-state index in [1.165, 1.54) is 5.69 Å². The molecule has 0 aliphatic heterocycles. The summed E-state index contributed by atoms with van der Waals surface area (Å²) in [6.07, 6.45) is 3.81. The van der Waals surface area contributed by atoms with E-state index in [0.717, 1.165) is 19.6 Å². The lowest BCUT2D eigenvalue weighted by Gasteiger charge is -2.29. The Hall–Kier alpha value is -0.870. The van der Waals surface area contributed by atoms with Gasteiger partial charge in [-0.05, 0) is 20.0 Å². The van der Waals surface area contributed by atoms with Gasteiger partial charge in [0.1, 0.15) is 0 Å². The molecule has 1 aromatic rings. The van der Waals surface area contributed by atoms with Gasteiger partial charge in [-0.1, -0.05) is 13.8 Å². The SMILES string of the molecule is CCN(CC)C(CN)c1cncn1CC. The monoisotopic (exact) mass is 210 g/mol. The Kier molecular flexibility index (Phi) is 4.78. The molecule has 0 aliphatic carbocycles. The zero-order valence-electron chi connectivity index (χ0n) is 9.98. The average Bonchev–Trinajstić information content (AvgIpc) is 2.73. The van der Waals surface area contributed by atoms with Crippen LogP contribution in [0, 0.1) is 0 Å². The molecule has 0 aliphatic rings. The van der Waals surface area contributed by atoms with Crippen molar-refractivity contribution < 1.29 is 0 Å². The van der Waals surface area contributed by atoms with Gasteiger partial charge in [0.2, 0.25) is 0 Å². The van der Waals surface area contributed by atoms with Crippen LogP contribution in [-0.4, -0.2) is 34.1 Å². The Balaban J connectivity index is 2.90. The van der Waals surface area contributed by atoms with Crippen molar-refractivity contribution >= 4 is 0 Å². The number of imidazole rings is 1. The molecule has 2 N–H and O–H groups in total. The number of rotatable bonds is 6. The van der Waals surface area contributed by atoms with Crippen LogP contribution in [0.25, 0.3) is 0 Å². The van der Waals surface area contributed by atoms with Crippen LogP contribution < -0.4 is 5.73 Å². The van der Waals surface area contributed by atoms with E-state index in [1.54, 1.807) is 0 Å². The maximum absolute atomic E-state index is 5.86. The second-order valence-corrected chi connectivity index (χ2v) is 3.58. The lowest BCUT2D eigenvalue weighted by molar-refractivity contribution is 0.215. The topological polar surface area (TPSA) is 47.1 Å². The molecule has 1 rings (SSSR count). The molecule has 0 saturated carbocycles. The van der Waals surface area contributed by atoms with Crippen molar-refractivity contribution in [2.75, 3.05) is 19.6 Å². The summed E-state index contributed by atoms with van der Waals surface area (Å²) in [6, 6.07) is 0.294. The third kappa shape index (κ3) is 2.58. The molecular formula is C11H22N4. The summed E-state index contributed by atoms with van der Waals surface area (Å²) in [5.74, 6) is 0. The van der Waals surface area contributed by atoms with E-state index in [-0.39, 0.29) is 0 Å². The van der Waals surface area contributed by atoms with Gasteiger partial charge in [0.05, 0.1) is 18.1 Å². The number of hydrogen-bond donors (Lipinski definition) is 1. The van der Waals surface area contributed by atoms with E-state index >= 15 is 0 Å². The quantitative estimate of drug-likeness (QED) is 0.768. The van der Waals surface area contributed by atoms with Gasteiger partial charge in [-0.3, -0.25) is 4.90 Å². The number of hydrogen-bond acceptors (Lipinski definition) is 3. The fourth-order valence-corrected chi connectivity index (χ4v) is 1.99. The van der Waals surface area contributed by atoms with Gasteiger partial charge >= 0.3 is 0 Å². The minimum atomic E-state index is 0.294. The molecule has 0 aromatic carbocycles. The Morgan fingerprint density at radius 3 is 2.53 bits per heavy atom. The largest absolute Gasteiger partial charge is 0.333 e. The second kappa shape index (κ2) is 5.88. The molecule has 15 heavy (non-hydrogen) atoms. The van der Waals surface area contributed by atoms with Gasteiger partial charge in [0, 0.05) is 19.3 Å². The summed E-state index contributed by atoms with van der Waals surface area (Å²) in [5.41, 5.74) is 7.08. The maximum atomic E-state index is 5.86. The molecule has 0 spiro atoms. The van der Waals surface area contributed by atoms with Crippen molar-refractivity contribution in [3.63, 3.8) is 0 Å². The Bertz CT molecular complexity index is 278. The molecule has 0 saturated heterocycles. The summed E-state index contributed by atoms with van der Waals surface area (Å²) in [5, 5.41) is 0. The smallest absolute Gasteiger partial charge is 0.0948 e. The van der Waals surface area contributed by atoms with Crippen LogP contribution in [0.4, 0.5) is 0 Å². The lowest BCUT2D eigenvalue weighted by atomic mass is 10.2. The van der Waals surface area contributed by atoms with Gasteiger partial charge < -0.3 is 10.3 Å². The summed E-state index contributed by atoms with van der Waals surface area (Å²) in [4.78, 5) is 6.56. The molecule has 86 valence electrons. The van der Waals surface area contributed by atoms with Crippen molar-refractivity contribution in [1.29, 1.82) is 0 Å².